The van der Waals surface area contributed by atoms with Crippen LogP contribution in [0.4, 0.5) is 0 Å². The molecule has 29 heavy (non-hydrogen) atoms. The summed E-state index contributed by atoms with van der Waals surface area (Å²) >= 11 is 5.92. The van der Waals surface area contributed by atoms with Crippen LogP contribution in [0.15, 0.2) is 65.2 Å². The van der Waals surface area contributed by atoms with Crippen LogP contribution >= 0.6 is 11.6 Å². The Labute approximate surface area is 175 Å². The molecule has 1 aromatic heterocycles. The van der Waals surface area contributed by atoms with E-state index in [2.05, 4.69) is 34.1 Å². The number of piperazine rings is 1. The largest absolute Gasteiger partial charge is 0.441 e. The van der Waals surface area contributed by atoms with Gasteiger partial charge in [0.05, 0.1) is 6.20 Å². The highest BCUT2D eigenvalue weighted by atomic mass is 35.5. The predicted molar refractivity (Wildman–Crippen MR) is 114 cm³/mol. The molecule has 0 bridgehead atoms. The van der Waals surface area contributed by atoms with Crippen LogP contribution in [0.3, 0.4) is 0 Å². The van der Waals surface area contributed by atoms with Crippen molar-refractivity contribution in [1.29, 1.82) is 0 Å². The van der Waals surface area contributed by atoms with Gasteiger partial charge in [-0.2, -0.15) is 0 Å². The molecular formula is C23H24ClN3O2. The van der Waals surface area contributed by atoms with E-state index in [9.17, 15) is 4.79 Å². The van der Waals surface area contributed by atoms with E-state index in [1.165, 1.54) is 5.56 Å². The molecule has 2 aromatic carbocycles. The molecule has 150 valence electrons. The Morgan fingerprint density at radius 2 is 1.72 bits per heavy atom. The van der Waals surface area contributed by atoms with Gasteiger partial charge in [-0.3, -0.25) is 9.69 Å². The third-order valence-corrected chi connectivity index (χ3v) is 5.46. The van der Waals surface area contributed by atoms with Crippen molar-refractivity contribution in [1.82, 2.24) is 14.8 Å². The second kappa shape index (κ2) is 9.25. The van der Waals surface area contributed by atoms with Crippen LogP contribution in [0, 0.1) is 0 Å². The van der Waals surface area contributed by atoms with Crippen molar-refractivity contribution in [2.24, 2.45) is 0 Å². The maximum absolute atomic E-state index is 12.6. The minimum absolute atomic E-state index is 0.163. The number of aryl methyl sites for hydroxylation is 1. The van der Waals surface area contributed by atoms with Crippen molar-refractivity contribution in [2.45, 2.75) is 19.4 Å². The zero-order chi connectivity index (χ0) is 20.1. The van der Waals surface area contributed by atoms with E-state index in [0.29, 0.717) is 29.5 Å². The monoisotopic (exact) mass is 409 g/mol. The smallest absolute Gasteiger partial charge is 0.223 e. The van der Waals surface area contributed by atoms with E-state index in [4.69, 9.17) is 16.0 Å². The SMILES string of the molecule is O=C(CCc1ncc(-c2ccc(Cl)cc2)o1)N1CCN(Cc2ccccc2)CC1. The highest BCUT2D eigenvalue weighted by Crippen LogP contribution is 2.23. The summed E-state index contributed by atoms with van der Waals surface area (Å²) in [6, 6.07) is 17.9. The maximum Gasteiger partial charge on any atom is 0.223 e. The molecule has 0 atom stereocenters. The van der Waals surface area contributed by atoms with Crippen molar-refractivity contribution < 1.29 is 9.21 Å². The van der Waals surface area contributed by atoms with Gasteiger partial charge in [0.1, 0.15) is 0 Å². The molecule has 6 heteroatoms. The lowest BCUT2D eigenvalue weighted by Crippen LogP contribution is -2.48. The number of oxazole rings is 1. The number of nitrogens with zero attached hydrogens (tertiary/aromatic N) is 3. The third-order valence-electron chi connectivity index (χ3n) is 5.21. The quantitative estimate of drug-likeness (QED) is 0.610. The van der Waals surface area contributed by atoms with Gasteiger partial charge in [-0.15, -0.1) is 0 Å². The van der Waals surface area contributed by atoms with Crippen LogP contribution in [0.2, 0.25) is 5.02 Å². The van der Waals surface area contributed by atoms with Gasteiger partial charge >= 0.3 is 0 Å². The summed E-state index contributed by atoms with van der Waals surface area (Å²) in [6.45, 7) is 4.29. The van der Waals surface area contributed by atoms with Gasteiger partial charge in [-0.05, 0) is 29.8 Å². The molecule has 0 aliphatic carbocycles. The minimum atomic E-state index is 0.163. The van der Waals surface area contributed by atoms with Crippen LogP contribution in [0.5, 0.6) is 0 Å². The van der Waals surface area contributed by atoms with Gasteiger partial charge in [0.15, 0.2) is 11.7 Å². The van der Waals surface area contributed by atoms with Crippen molar-refractivity contribution in [3.05, 3.63) is 77.3 Å². The van der Waals surface area contributed by atoms with Gasteiger partial charge in [0, 0.05) is 56.2 Å². The predicted octanol–water partition coefficient (Wildman–Crippen LogP) is 4.27. The van der Waals surface area contributed by atoms with E-state index in [1.54, 1.807) is 6.20 Å². The number of rotatable bonds is 6. The second-order valence-electron chi connectivity index (χ2n) is 7.27. The number of benzene rings is 2. The van der Waals surface area contributed by atoms with Crippen molar-refractivity contribution in [2.75, 3.05) is 26.2 Å². The highest BCUT2D eigenvalue weighted by molar-refractivity contribution is 6.30. The average molecular weight is 410 g/mol. The minimum Gasteiger partial charge on any atom is -0.441 e. The van der Waals surface area contributed by atoms with Crippen molar-refractivity contribution in [3.63, 3.8) is 0 Å². The Balaban J connectivity index is 1.24. The Kier molecular flexibility index (Phi) is 6.27. The highest BCUT2D eigenvalue weighted by Gasteiger charge is 2.21. The zero-order valence-electron chi connectivity index (χ0n) is 16.3. The van der Waals surface area contributed by atoms with E-state index in [0.717, 1.165) is 38.3 Å². The Morgan fingerprint density at radius 1 is 1.00 bits per heavy atom. The number of hydrogen-bond acceptors (Lipinski definition) is 4. The molecule has 1 amide bonds. The molecular weight excluding hydrogens is 386 g/mol. The topological polar surface area (TPSA) is 49.6 Å². The normalized spacial score (nSPS) is 14.9. The van der Waals surface area contributed by atoms with Crippen LogP contribution < -0.4 is 0 Å². The molecule has 2 heterocycles. The molecule has 0 unspecified atom stereocenters. The molecule has 0 N–H and O–H groups in total. The number of hydrogen-bond donors (Lipinski definition) is 0. The molecule has 1 aliphatic heterocycles. The van der Waals surface area contributed by atoms with Crippen LogP contribution in [0.1, 0.15) is 17.9 Å². The summed E-state index contributed by atoms with van der Waals surface area (Å²) in [7, 11) is 0. The van der Waals surface area contributed by atoms with Gasteiger partial charge in [-0.1, -0.05) is 41.9 Å². The number of halogens is 1. The first-order chi connectivity index (χ1) is 14.2. The van der Waals surface area contributed by atoms with Crippen molar-refractivity contribution >= 4 is 17.5 Å². The molecule has 3 aromatic rings. The summed E-state index contributed by atoms with van der Waals surface area (Å²) in [5, 5.41) is 0.683. The first-order valence-corrected chi connectivity index (χ1v) is 10.3. The molecule has 4 rings (SSSR count). The van der Waals surface area contributed by atoms with Crippen LogP contribution in [0.25, 0.3) is 11.3 Å². The summed E-state index contributed by atoms with van der Waals surface area (Å²) in [5.74, 6) is 1.44. The number of amides is 1. The summed E-state index contributed by atoms with van der Waals surface area (Å²) in [6.07, 6.45) is 2.63. The Hall–Kier alpha value is -2.63. The van der Waals surface area contributed by atoms with Crippen LogP contribution in [-0.2, 0) is 17.8 Å². The lowest BCUT2D eigenvalue weighted by molar-refractivity contribution is -0.133. The first-order valence-electron chi connectivity index (χ1n) is 9.92. The molecule has 0 radical (unpaired) electrons. The Bertz CT molecular complexity index is 932. The van der Waals surface area contributed by atoms with E-state index < -0.39 is 0 Å². The van der Waals surface area contributed by atoms with E-state index >= 15 is 0 Å². The number of aromatic nitrogens is 1. The maximum atomic E-state index is 12.6. The summed E-state index contributed by atoms with van der Waals surface area (Å²) in [5.41, 5.74) is 2.24. The molecule has 5 nitrogen and oxygen atoms in total. The standard InChI is InChI=1S/C23H24ClN3O2/c24-20-8-6-19(7-9-20)21-16-25-22(29-21)10-11-23(28)27-14-12-26(13-15-27)17-18-4-2-1-3-5-18/h1-9,16H,10-15,17H2. The Morgan fingerprint density at radius 3 is 2.45 bits per heavy atom. The zero-order valence-corrected chi connectivity index (χ0v) is 17.0. The lowest BCUT2D eigenvalue weighted by atomic mass is 10.2. The lowest BCUT2D eigenvalue weighted by Gasteiger charge is -2.34. The molecule has 0 saturated carbocycles. The fraction of sp³-hybridized carbons (Fsp3) is 0.304. The van der Waals surface area contributed by atoms with Crippen molar-refractivity contribution in [3.8, 4) is 11.3 Å². The first kappa shape index (κ1) is 19.7. The molecule has 1 aliphatic rings. The number of carbonyl (C=O) groups is 1. The van der Waals surface area contributed by atoms with E-state index in [1.807, 2.05) is 35.2 Å². The molecule has 1 saturated heterocycles. The fourth-order valence-corrected chi connectivity index (χ4v) is 3.67. The van der Waals surface area contributed by atoms with Gasteiger partial charge in [0.25, 0.3) is 0 Å². The van der Waals surface area contributed by atoms with Crippen LogP contribution in [-0.4, -0.2) is 46.9 Å². The fourth-order valence-electron chi connectivity index (χ4n) is 3.54. The molecule has 0 spiro atoms. The van der Waals surface area contributed by atoms with Gasteiger partial charge in [0.2, 0.25) is 5.91 Å². The van der Waals surface area contributed by atoms with Gasteiger partial charge < -0.3 is 9.32 Å². The average Bonchev–Trinajstić information content (AvgIpc) is 3.23. The third kappa shape index (κ3) is 5.25. The molecule has 1 fully saturated rings. The van der Waals surface area contributed by atoms with Gasteiger partial charge in [-0.25, -0.2) is 4.98 Å². The van der Waals surface area contributed by atoms with E-state index in [-0.39, 0.29) is 5.91 Å². The summed E-state index contributed by atoms with van der Waals surface area (Å²) < 4.78 is 5.80. The summed E-state index contributed by atoms with van der Waals surface area (Å²) in [4.78, 5) is 21.2. The second-order valence-corrected chi connectivity index (χ2v) is 7.70. The number of carbonyl (C=O) groups excluding carboxylic acids is 1.